The van der Waals surface area contributed by atoms with Gasteiger partial charge in [0.2, 0.25) is 0 Å². The van der Waals surface area contributed by atoms with E-state index in [0.29, 0.717) is 0 Å². The highest BCUT2D eigenvalue weighted by atomic mass is 15.3. The summed E-state index contributed by atoms with van der Waals surface area (Å²) in [4.78, 5) is 10.8. The van der Waals surface area contributed by atoms with Gasteiger partial charge in [0.05, 0.1) is 6.54 Å². The topological polar surface area (TPSA) is 58.3 Å². The summed E-state index contributed by atoms with van der Waals surface area (Å²) < 4.78 is 1.84. The maximum atomic E-state index is 4.43. The Morgan fingerprint density at radius 1 is 1.30 bits per heavy atom. The van der Waals surface area contributed by atoms with Crippen LogP contribution in [-0.4, -0.2) is 52.3 Å². The van der Waals surface area contributed by atoms with Gasteiger partial charge in [0.15, 0.2) is 5.96 Å². The third kappa shape index (κ3) is 2.94. The number of aromatic nitrogens is 3. The van der Waals surface area contributed by atoms with E-state index in [1.807, 2.05) is 11.7 Å². The Bertz CT molecular complexity index is 427. The van der Waals surface area contributed by atoms with Crippen LogP contribution in [0.5, 0.6) is 0 Å². The molecule has 110 valence electrons. The minimum absolute atomic E-state index is 0.819. The van der Waals surface area contributed by atoms with E-state index in [9.17, 15) is 0 Å². The number of nitrogens with zero attached hydrogens (tertiary/aromatic N) is 5. The fraction of sp³-hybridized carbons (Fsp3) is 0.786. The van der Waals surface area contributed by atoms with Crippen molar-refractivity contribution in [3.63, 3.8) is 0 Å². The molecular formula is C14H24N6. The lowest BCUT2D eigenvalue weighted by atomic mass is 9.82. The van der Waals surface area contributed by atoms with Crippen LogP contribution in [0.3, 0.4) is 0 Å². The molecule has 0 spiro atoms. The van der Waals surface area contributed by atoms with Crippen LogP contribution in [0, 0.1) is 11.8 Å². The summed E-state index contributed by atoms with van der Waals surface area (Å²) in [5, 5.41) is 7.55. The third-order valence-electron chi connectivity index (χ3n) is 4.58. The SMILES string of the molecule is CN=C(NCCn1cncn1)N1CC2CCCCC2C1. The van der Waals surface area contributed by atoms with Gasteiger partial charge in [-0.15, -0.1) is 0 Å². The maximum Gasteiger partial charge on any atom is 0.193 e. The van der Waals surface area contributed by atoms with E-state index in [0.717, 1.165) is 30.9 Å². The summed E-state index contributed by atoms with van der Waals surface area (Å²) in [6, 6.07) is 0. The van der Waals surface area contributed by atoms with Crippen molar-refractivity contribution >= 4 is 5.96 Å². The van der Waals surface area contributed by atoms with E-state index in [-0.39, 0.29) is 0 Å². The van der Waals surface area contributed by atoms with Crippen LogP contribution in [0.25, 0.3) is 0 Å². The first-order chi connectivity index (χ1) is 9.86. The smallest absolute Gasteiger partial charge is 0.193 e. The lowest BCUT2D eigenvalue weighted by Crippen LogP contribution is -2.41. The Balaban J connectivity index is 1.49. The predicted octanol–water partition coefficient (Wildman–Crippen LogP) is 0.975. The fourth-order valence-electron chi connectivity index (χ4n) is 3.54. The van der Waals surface area contributed by atoms with Crippen molar-refractivity contribution in [1.29, 1.82) is 0 Å². The van der Waals surface area contributed by atoms with E-state index in [1.165, 1.54) is 38.8 Å². The van der Waals surface area contributed by atoms with Crippen LogP contribution in [0.2, 0.25) is 0 Å². The zero-order valence-electron chi connectivity index (χ0n) is 12.2. The minimum atomic E-state index is 0.819. The number of guanidine groups is 1. The van der Waals surface area contributed by atoms with Gasteiger partial charge in [-0.3, -0.25) is 9.67 Å². The van der Waals surface area contributed by atoms with E-state index in [2.05, 4.69) is 25.3 Å². The Morgan fingerprint density at radius 3 is 2.65 bits per heavy atom. The number of hydrogen-bond donors (Lipinski definition) is 1. The van der Waals surface area contributed by atoms with Crippen LogP contribution < -0.4 is 5.32 Å². The van der Waals surface area contributed by atoms with Gasteiger partial charge >= 0.3 is 0 Å². The van der Waals surface area contributed by atoms with Crippen molar-refractivity contribution in [2.24, 2.45) is 16.8 Å². The zero-order chi connectivity index (χ0) is 13.8. The minimum Gasteiger partial charge on any atom is -0.354 e. The molecule has 0 bridgehead atoms. The van der Waals surface area contributed by atoms with E-state index in [4.69, 9.17) is 0 Å². The molecule has 2 heterocycles. The summed E-state index contributed by atoms with van der Waals surface area (Å²) in [5.41, 5.74) is 0. The number of likely N-dealkylation sites (tertiary alicyclic amines) is 1. The van der Waals surface area contributed by atoms with Gasteiger partial charge < -0.3 is 10.2 Å². The van der Waals surface area contributed by atoms with Gasteiger partial charge in [0, 0.05) is 26.7 Å². The highest BCUT2D eigenvalue weighted by molar-refractivity contribution is 5.80. The summed E-state index contributed by atoms with van der Waals surface area (Å²) in [5.74, 6) is 2.81. The molecule has 0 radical (unpaired) electrons. The van der Waals surface area contributed by atoms with Gasteiger partial charge in [0.1, 0.15) is 12.7 Å². The van der Waals surface area contributed by atoms with Crippen LogP contribution in [-0.2, 0) is 6.54 Å². The molecule has 2 unspecified atom stereocenters. The Hall–Kier alpha value is -1.59. The number of rotatable bonds is 3. The molecule has 20 heavy (non-hydrogen) atoms. The molecule has 1 aromatic heterocycles. The van der Waals surface area contributed by atoms with Crippen LogP contribution in [0.15, 0.2) is 17.6 Å². The van der Waals surface area contributed by atoms with Gasteiger partial charge in [-0.05, 0) is 24.7 Å². The van der Waals surface area contributed by atoms with Crippen LogP contribution in [0.4, 0.5) is 0 Å². The van der Waals surface area contributed by atoms with E-state index in [1.54, 1.807) is 12.7 Å². The van der Waals surface area contributed by atoms with Gasteiger partial charge in [-0.25, -0.2) is 4.98 Å². The lowest BCUT2D eigenvalue weighted by Gasteiger charge is -2.22. The molecule has 2 aliphatic rings. The Kier molecular flexibility index (Phi) is 4.18. The molecule has 6 nitrogen and oxygen atoms in total. The van der Waals surface area contributed by atoms with E-state index >= 15 is 0 Å². The molecule has 1 saturated carbocycles. The highest BCUT2D eigenvalue weighted by Crippen LogP contribution is 2.35. The van der Waals surface area contributed by atoms with Gasteiger partial charge in [-0.1, -0.05) is 12.8 Å². The molecule has 6 heteroatoms. The first kappa shape index (κ1) is 13.4. The Morgan fingerprint density at radius 2 is 2.05 bits per heavy atom. The number of nitrogens with one attached hydrogen (secondary N) is 1. The highest BCUT2D eigenvalue weighted by Gasteiger charge is 2.35. The quantitative estimate of drug-likeness (QED) is 0.660. The van der Waals surface area contributed by atoms with Crippen molar-refractivity contribution in [3.05, 3.63) is 12.7 Å². The molecule has 1 aromatic rings. The summed E-state index contributed by atoms with van der Waals surface area (Å²) >= 11 is 0. The van der Waals surface area contributed by atoms with Crippen LogP contribution in [0.1, 0.15) is 25.7 Å². The van der Waals surface area contributed by atoms with Crippen molar-refractivity contribution in [2.45, 2.75) is 32.2 Å². The molecular weight excluding hydrogens is 252 g/mol. The molecule has 1 saturated heterocycles. The monoisotopic (exact) mass is 276 g/mol. The van der Waals surface area contributed by atoms with Gasteiger partial charge in [-0.2, -0.15) is 5.10 Å². The molecule has 1 aliphatic carbocycles. The van der Waals surface area contributed by atoms with Crippen LogP contribution >= 0.6 is 0 Å². The van der Waals surface area contributed by atoms with Gasteiger partial charge in [0.25, 0.3) is 0 Å². The van der Waals surface area contributed by atoms with Crippen molar-refractivity contribution in [3.8, 4) is 0 Å². The molecule has 1 aliphatic heterocycles. The second-order valence-electron chi connectivity index (χ2n) is 5.84. The predicted molar refractivity (Wildman–Crippen MR) is 78.4 cm³/mol. The molecule has 1 N–H and O–H groups in total. The average molecular weight is 276 g/mol. The summed E-state index contributed by atoms with van der Waals surface area (Å²) in [6.07, 6.45) is 8.93. The standard InChI is InChI=1S/C14H24N6/c1-15-14(17-6-7-20-11-16-10-18-20)19-8-12-4-2-3-5-13(12)9-19/h10-13H,2-9H2,1H3,(H,15,17). The zero-order valence-corrected chi connectivity index (χ0v) is 12.2. The average Bonchev–Trinajstić information content (AvgIpc) is 3.12. The normalized spacial score (nSPS) is 26.6. The largest absolute Gasteiger partial charge is 0.354 e. The fourth-order valence-corrected chi connectivity index (χ4v) is 3.54. The third-order valence-corrected chi connectivity index (χ3v) is 4.58. The first-order valence-corrected chi connectivity index (χ1v) is 7.65. The maximum absolute atomic E-state index is 4.43. The first-order valence-electron chi connectivity index (χ1n) is 7.65. The number of hydrogen-bond acceptors (Lipinski definition) is 3. The lowest BCUT2D eigenvalue weighted by molar-refractivity contribution is 0.299. The van der Waals surface area contributed by atoms with E-state index < -0.39 is 0 Å². The molecule has 2 fully saturated rings. The van der Waals surface area contributed by atoms with Crippen molar-refractivity contribution in [2.75, 3.05) is 26.7 Å². The summed E-state index contributed by atoms with van der Waals surface area (Å²) in [6.45, 7) is 4.00. The molecule has 2 atom stereocenters. The summed E-state index contributed by atoms with van der Waals surface area (Å²) in [7, 11) is 1.87. The number of fused-ring (bicyclic) bond motifs is 1. The molecule has 3 rings (SSSR count). The Labute approximate surface area is 120 Å². The second-order valence-corrected chi connectivity index (χ2v) is 5.84. The molecule has 0 amide bonds. The molecule has 0 aromatic carbocycles. The van der Waals surface area contributed by atoms with Crippen molar-refractivity contribution in [1.82, 2.24) is 25.0 Å². The number of aliphatic imine (C=N–C) groups is 1. The second kappa shape index (κ2) is 6.24. The van der Waals surface area contributed by atoms with Crippen molar-refractivity contribution < 1.29 is 0 Å².